The van der Waals surface area contributed by atoms with E-state index in [2.05, 4.69) is 17.4 Å². The Morgan fingerprint density at radius 2 is 1.55 bits per heavy atom. The van der Waals surface area contributed by atoms with Crippen molar-refractivity contribution < 1.29 is 4.79 Å². The second-order valence-corrected chi connectivity index (χ2v) is 5.49. The summed E-state index contributed by atoms with van der Waals surface area (Å²) in [7, 11) is 0. The molecule has 0 bridgehead atoms. The molecule has 2 aromatic carbocycles. The van der Waals surface area contributed by atoms with Crippen LogP contribution in [0.5, 0.6) is 0 Å². The van der Waals surface area contributed by atoms with Crippen molar-refractivity contribution in [1.82, 2.24) is 0 Å². The number of anilines is 1. The van der Waals surface area contributed by atoms with E-state index >= 15 is 0 Å². The van der Waals surface area contributed by atoms with Gasteiger partial charge in [0.15, 0.2) is 0 Å². The van der Waals surface area contributed by atoms with Crippen LogP contribution in [0.15, 0.2) is 54.6 Å². The second kappa shape index (κ2) is 5.88. The van der Waals surface area contributed by atoms with Gasteiger partial charge in [0.1, 0.15) is 0 Å². The Morgan fingerprint density at radius 1 is 1.00 bits per heavy atom. The predicted molar refractivity (Wildman–Crippen MR) is 83.3 cm³/mol. The largest absolute Gasteiger partial charge is 0.329 e. The summed E-state index contributed by atoms with van der Waals surface area (Å²) in [5, 5.41) is 2.89. The van der Waals surface area contributed by atoms with Gasteiger partial charge in [-0.25, -0.2) is 0 Å². The smallest absolute Gasteiger partial charge is 0.231 e. The zero-order valence-corrected chi connectivity index (χ0v) is 11.9. The number of hydrogen-bond acceptors (Lipinski definition) is 2. The molecule has 0 saturated heterocycles. The van der Waals surface area contributed by atoms with Crippen LogP contribution in [0.4, 0.5) is 5.69 Å². The lowest BCUT2D eigenvalue weighted by atomic mass is 9.92. The van der Waals surface area contributed by atoms with Crippen LogP contribution in [0.25, 0.3) is 11.1 Å². The summed E-state index contributed by atoms with van der Waals surface area (Å²) in [6.07, 6.45) is 0. The number of benzene rings is 2. The first kappa shape index (κ1) is 14.3. The van der Waals surface area contributed by atoms with Crippen LogP contribution in [0.2, 0.25) is 0 Å². The zero-order chi connectivity index (χ0) is 14.6. The molecule has 3 nitrogen and oxygen atoms in total. The molecule has 0 radical (unpaired) electrons. The maximum absolute atomic E-state index is 12.0. The van der Waals surface area contributed by atoms with E-state index in [9.17, 15) is 4.79 Å². The summed E-state index contributed by atoms with van der Waals surface area (Å²) < 4.78 is 0. The van der Waals surface area contributed by atoms with Crippen molar-refractivity contribution in [3.63, 3.8) is 0 Å². The average molecular weight is 268 g/mol. The highest BCUT2D eigenvalue weighted by Gasteiger charge is 2.25. The first-order valence-corrected chi connectivity index (χ1v) is 6.70. The minimum atomic E-state index is -0.557. The Bertz CT molecular complexity index is 574. The third kappa shape index (κ3) is 3.25. The zero-order valence-electron chi connectivity index (χ0n) is 11.9. The van der Waals surface area contributed by atoms with Gasteiger partial charge in [-0.3, -0.25) is 4.79 Å². The standard InChI is InChI=1S/C17H20N2O/c1-17(2,12-18)16(20)19-15-10-8-14(9-11-15)13-6-4-3-5-7-13/h3-11H,12,18H2,1-2H3,(H,19,20). The Morgan fingerprint density at radius 3 is 2.10 bits per heavy atom. The van der Waals surface area contributed by atoms with Crippen molar-refractivity contribution in [3.8, 4) is 11.1 Å². The van der Waals surface area contributed by atoms with Crippen molar-refractivity contribution in [3.05, 3.63) is 54.6 Å². The summed E-state index contributed by atoms with van der Waals surface area (Å²) >= 11 is 0. The highest BCUT2D eigenvalue weighted by molar-refractivity contribution is 5.95. The first-order chi connectivity index (χ1) is 9.53. The van der Waals surface area contributed by atoms with Gasteiger partial charge in [-0.15, -0.1) is 0 Å². The van der Waals surface area contributed by atoms with Gasteiger partial charge in [-0.1, -0.05) is 42.5 Å². The molecule has 0 aliphatic rings. The van der Waals surface area contributed by atoms with Gasteiger partial charge >= 0.3 is 0 Å². The first-order valence-electron chi connectivity index (χ1n) is 6.70. The number of hydrogen-bond donors (Lipinski definition) is 2. The fourth-order valence-electron chi connectivity index (χ4n) is 1.77. The van der Waals surface area contributed by atoms with E-state index in [1.54, 1.807) is 0 Å². The van der Waals surface area contributed by atoms with E-state index in [0.717, 1.165) is 16.8 Å². The molecule has 0 aliphatic heterocycles. The quantitative estimate of drug-likeness (QED) is 0.894. The highest BCUT2D eigenvalue weighted by Crippen LogP contribution is 2.22. The summed E-state index contributed by atoms with van der Waals surface area (Å²) in [4.78, 5) is 12.0. The van der Waals surface area contributed by atoms with Crippen LogP contribution in [-0.2, 0) is 4.79 Å². The van der Waals surface area contributed by atoms with E-state index in [1.165, 1.54) is 0 Å². The highest BCUT2D eigenvalue weighted by atomic mass is 16.2. The Balaban J connectivity index is 2.12. The van der Waals surface area contributed by atoms with E-state index in [-0.39, 0.29) is 5.91 Å². The summed E-state index contributed by atoms with van der Waals surface area (Å²) in [5.41, 5.74) is 8.12. The lowest BCUT2D eigenvalue weighted by Gasteiger charge is -2.21. The van der Waals surface area contributed by atoms with Crippen molar-refractivity contribution in [2.75, 3.05) is 11.9 Å². The fourth-order valence-corrected chi connectivity index (χ4v) is 1.77. The third-order valence-electron chi connectivity index (χ3n) is 3.37. The molecule has 20 heavy (non-hydrogen) atoms. The fraction of sp³-hybridized carbons (Fsp3) is 0.235. The minimum absolute atomic E-state index is 0.0625. The minimum Gasteiger partial charge on any atom is -0.329 e. The average Bonchev–Trinajstić information content (AvgIpc) is 2.49. The van der Waals surface area contributed by atoms with E-state index in [0.29, 0.717) is 6.54 Å². The summed E-state index contributed by atoms with van der Waals surface area (Å²) in [6.45, 7) is 3.99. The molecule has 0 unspecified atom stereocenters. The Hall–Kier alpha value is -2.13. The molecule has 0 heterocycles. The molecule has 0 fully saturated rings. The SMILES string of the molecule is CC(C)(CN)C(=O)Nc1ccc(-c2ccccc2)cc1. The summed E-state index contributed by atoms with van der Waals surface area (Å²) in [5.74, 6) is -0.0625. The topological polar surface area (TPSA) is 55.1 Å². The molecule has 1 amide bonds. The maximum atomic E-state index is 12.0. The number of rotatable bonds is 4. The number of carbonyl (C=O) groups is 1. The van der Waals surface area contributed by atoms with Crippen molar-refractivity contribution in [2.45, 2.75) is 13.8 Å². The molecule has 0 aromatic heterocycles. The van der Waals surface area contributed by atoms with Crippen LogP contribution in [0, 0.1) is 5.41 Å². The van der Waals surface area contributed by atoms with Gasteiger partial charge in [0.25, 0.3) is 0 Å². The summed E-state index contributed by atoms with van der Waals surface area (Å²) in [6, 6.07) is 18.0. The monoisotopic (exact) mass is 268 g/mol. The van der Waals surface area contributed by atoms with Gasteiger partial charge in [-0.05, 0) is 37.1 Å². The second-order valence-electron chi connectivity index (χ2n) is 5.49. The molecule has 2 aromatic rings. The van der Waals surface area contributed by atoms with Crippen molar-refractivity contribution in [1.29, 1.82) is 0 Å². The van der Waals surface area contributed by atoms with Crippen LogP contribution in [0.3, 0.4) is 0 Å². The van der Waals surface area contributed by atoms with Crippen LogP contribution < -0.4 is 11.1 Å². The van der Waals surface area contributed by atoms with Crippen molar-refractivity contribution in [2.24, 2.45) is 11.1 Å². The van der Waals surface area contributed by atoms with Crippen LogP contribution in [0.1, 0.15) is 13.8 Å². The number of amides is 1. The predicted octanol–water partition coefficient (Wildman–Crippen LogP) is 3.28. The van der Waals surface area contributed by atoms with Crippen LogP contribution in [-0.4, -0.2) is 12.5 Å². The molecule has 3 heteroatoms. The van der Waals surface area contributed by atoms with Gasteiger partial charge < -0.3 is 11.1 Å². The van der Waals surface area contributed by atoms with Gasteiger partial charge in [0.2, 0.25) is 5.91 Å². The van der Waals surface area contributed by atoms with Gasteiger partial charge in [0.05, 0.1) is 5.41 Å². The Labute approximate surface area is 119 Å². The maximum Gasteiger partial charge on any atom is 0.231 e. The van der Waals surface area contributed by atoms with E-state index in [4.69, 9.17) is 5.73 Å². The van der Waals surface area contributed by atoms with Crippen molar-refractivity contribution >= 4 is 11.6 Å². The Kier molecular flexibility index (Phi) is 4.20. The normalized spacial score (nSPS) is 11.2. The molecule has 3 N–H and O–H groups in total. The lowest BCUT2D eigenvalue weighted by Crippen LogP contribution is -2.37. The molecule has 0 saturated carbocycles. The molecule has 2 rings (SSSR count). The molecular weight excluding hydrogens is 248 g/mol. The number of nitrogens with two attached hydrogens (primary N) is 1. The van der Waals surface area contributed by atoms with Crippen LogP contribution >= 0.6 is 0 Å². The van der Waals surface area contributed by atoms with E-state index < -0.39 is 5.41 Å². The molecule has 0 atom stereocenters. The molecular formula is C17H20N2O. The van der Waals surface area contributed by atoms with Gasteiger partial charge in [-0.2, -0.15) is 0 Å². The van der Waals surface area contributed by atoms with E-state index in [1.807, 2.05) is 56.3 Å². The number of carbonyl (C=O) groups excluding carboxylic acids is 1. The number of nitrogens with one attached hydrogen (secondary N) is 1. The molecule has 0 spiro atoms. The molecule has 0 aliphatic carbocycles. The third-order valence-corrected chi connectivity index (χ3v) is 3.37. The molecule has 104 valence electrons. The lowest BCUT2D eigenvalue weighted by molar-refractivity contribution is -0.123. The van der Waals surface area contributed by atoms with Gasteiger partial charge in [0, 0.05) is 12.2 Å².